The van der Waals surface area contributed by atoms with Crippen molar-refractivity contribution < 1.29 is 9.53 Å². The van der Waals surface area contributed by atoms with Crippen LogP contribution in [0.5, 0.6) is 5.75 Å². The molecule has 1 amide bonds. The number of ether oxygens (including phenoxy) is 1. The van der Waals surface area contributed by atoms with Crippen LogP contribution in [0.1, 0.15) is 11.6 Å². The average Bonchev–Trinajstić information content (AvgIpc) is 2.55. The molecule has 5 heteroatoms. The van der Waals surface area contributed by atoms with Crippen molar-refractivity contribution in [2.45, 2.75) is 12.1 Å². The standard InChI is InChI=1S/C17H19N3O2/c1-19(2)18-20-15(13-9-5-3-6-10-13)16(17(20)21)22-14-11-7-4-8-12-14/h3-12,15-16,18H,1-2H3/t15-,16+/m1/s1. The van der Waals surface area contributed by atoms with Gasteiger partial charge in [-0.15, -0.1) is 0 Å². The monoisotopic (exact) mass is 297 g/mol. The normalized spacial score (nSPS) is 20.9. The number of para-hydroxylation sites is 1. The first-order valence-electron chi connectivity index (χ1n) is 7.20. The molecule has 0 aromatic heterocycles. The number of amides is 1. The first kappa shape index (κ1) is 14.6. The van der Waals surface area contributed by atoms with Gasteiger partial charge in [0.2, 0.25) is 6.10 Å². The minimum Gasteiger partial charge on any atom is -0.478 e. The number of carbonyl (C=O) groups excluding carboxylic acids is 1. The first-order chi connectivity index (χ1) is 10.7. The van der Waals surface area contributed by atoms with Gasteiger partial charge in [0.05, 0.1) is 0 Å². The van der Waals surface area contributed by atoms with E-state index in [0.29, 0.717) is 5.75 Å². The van der Waals surface area contributed by atoms with Crippen molar-refractivity contribution in [3.8, 4) is 5.75 Å². The molecule has 1 saturated heterocycles. The number of hydrogen-bond acceptors (Lipinski definition) is 4. The van der Waals surface area contributed by atoms with Crippen LogP contribution in [-0.4, -0.2) is 36.1 Å². The number of hydrogen-bond donors (Lipinski definition) is 1. The van der Waals surface area contributed by atoms with Gasteiger partial charge in [-0.1, -0.05) is 48.5 Å². The molecular formula is C17H19N3O2. The van der Waals surface area contributed by atoms with E-state index in [1.54, 1.807) is 10.0 Å². The molecule has 2 atom stereocenters. The predicted molar refractivity (Wildman–Crippen MR) is 83.7 cm³/mol. The molecule has 114 valence electrons. The zero-order valence-corrected chi connectivity index (χ0v) is 12.6. The highest BCUT2D eigenvalue weighted by atomic mass is 16.5. The number of benzene rings is 2. The van der Waals surface area contributed by atoms with Gasteiger partial charge in [0.1, 0.15) is 11.8 Å². The zero-order valence-electron chi connectivity index (χ0n) is 12.6. The number of nitrogens with zero attached hydrogens (tertiary/aromatic N) is 2. The Kier molecular flexibility index (Phi) is 4.09. The van der Waals surface area contributed by atoms with Crippen molar-refractivity contribution in [3.05, 3.63) is 66.2 Å². The van der Waals surface area contributed by atoms with Gasteiger partial charge < -0.3 is 4.74 Å². The van der Waals surface area contributed by atoms with Crippen LogP contribution < -0.4 is 10.3 Å². The van der Waals surface area contributed by atoms with E-state index in [0.717, 1.165) is 5.56 Å². The number of nitrogens with one attached hydrogen (secondary N) is 1. The molecule has 0 radical (unpaired) electrons. The van der Waals surface area contributed by atoms with Gasteiger partial charge in [-0.2, -0.15) is 5.53 Å². The van der Waals surface area contributed by atoms with E-state index in [1.807, 2.05) is 74.8 Å². The van der Waals surface area contributed by atoms with Crippen molar-refractivity contribution in [1.82, 2.24) is 15.6 Å². The molecule has 1 fully saturated rings. The summed E-state index contributed by atoms with van der Waals surface area (Å²) in [5.41, 5.74) is 4.07. The number of hydrazine groups is 2. The topological polar surface area (TPSA) is 44.8 Å². The summed E-state index contributed by atoms with van der Waals surface area (Å²) in [5.74, 6) is 0.623. The Morgan fingerprint density at radius 2 is 1.59 bits per heavy atom. The molecule has 1 heterocycles. The molecule has 0 spiro atoms. The Bertz CT molecular complexity index is 631. The Hall–Kier alpha value is -2.37. The smallest absolute Gasteiger partial charge is 0.282 e. The molecule has 0 unspecified atom stereocenters. The van der Waals surface area contributed by atoms with Gasteiger partial charge in [0.25, 0.3) is 5.91 Å². The first-order valence-corrected chi connectivity index (χ1v) is 7.20. The van der Waals surface area contributed by atoms with Gasteiger partial charge >= 0.3 is 0 Å². The van der Waals surface area contributed by atoms with Crippen LogP contribution in [0.15, 0.2) is 60.7 Å². The van der Waals surface area contributed by atoms with Gasteiger partial charge in [-0.05, 0) is 17.7 Å². The molecule has 5 nitrogen and oxygen atoms in total. The van der Waals surface area contributed by atoms with Crippen molar-refractivity contribution >= 4 is 5.91 Å². The van der Waals surface area contributed by atoms with Crippen LogP contribution in [0.4, 0.5) is 0 Å². The molecule has 0 bridgehead atoms. The molecule has 2 aromatic rings. The lowest BCUT2D eigenvalue weighted by Gasteiger charge is -2.47. The maximum atomic E-state index is 12.4. The molecule has 1 aliphatic heterocycles. The largest absolute Gasteiger partial charge is 0.478 e. The zero-order chi connectivity index (χ0) is 15.5. The number of β-lactam (4-membered cyclic amide) rings is 1. The van der Waals surface area contributed by atoms with Crippen LogP contribution in [-0.2, 0) is 4.79 Å². The summed E-state index contributed by atoms with van der Waals surface area (Å²) in [4.78, 5) is 12.4. The van der Waals surface area contributed by atoms with Gasteiger partial charge in [0, 0.05) is 14.1 Å². The summed E-state index contributed by atoms with van der Waals surface area (Å²) in [6.45, 7) is 0. The highest BCUT2D eigenvalue weighted by Crippen LogP contribution is 2.36. The third-order valence-electron chi connectivity index (χ3n) is 3.50. The third kappa shape index (κ3) is 2.81. The van der Waals surface area contributed by atoms with E-state index in [-0.39, 0.29) is 11.9 Å². The minimum atomic E-state index is -0.516. The maximum absolute atomic E-state index is 12.4. The maximum Gasteiger partial charge on any atom is 0.282 e. The second-order valence-corrected chi connectivity index (χ2v) is 5.41. The second-order valence-electron chi connectivity index (χ2n) is 5.41. The third-order valence-corrected chi connectivity index (χ3v) is 3.50. The van der Waals surface area contributed by atoms with Crippen molar-refractivity contribution in [3.63, 3.8) is 0 Å². The van der Waals surface area contributed by atoms with Gasteiger partial charge in [-0.25, -0.2) is 10.0 Å². The molecule has 3 rings (SSSR count). The number of rotatable bonds is 5. The summed E-state index contributed by atoms with van der Waals surface area (Å²) in [7, 11) is 3.70. The number of carbonyl (C=O) groups is 1. The fourth-order valence-electron chi connectivity index (χ4n) is 2.52. The summed E-state index contributed by atoms with van der Waals surface area (Å²) >= 11 is 0. The Balaban J connectivity index is 1.83. The van der Waals surface area contributed by atoms with Crippen molar-refractivity contribution in [2.24, 2.45) is 0 Å². The highest BCUT2D eigenvalue weighted by Gasteiger charge is 2.50. The molecular weight excluding hydrogens is 278 g/mol. The van der Waals surface area contributed by atoms with Crippen molar-refractivity contribution in [1.29, 1.82) is 0 Å². The fourth-order valence-corrected chi connectivity index (χ4v) is 2.52. The van der Waals surface area contributed by atoms with Gasteiger partial charge in [-0.3, -0.25) is 4.79 Å². The SMILES string of the molecule is CN(C)NN1C(=O)[C@@H](Oc2ccccc2)[C@H]1c1ccccc1. The molecule has 2 aromatic carbocycles. The Labute approximate surface area is 130 Å². The van der Waals surface area contributed by atoms with E-state index in [1.165, 1.54) is 0 Å². The fraction of sp³-hybridized carbons (Fsp3) is 0.235. The summed E-state index contributed by atoms with van der Waals surface area (Å²) in [5, 5.41) is 3.34. The van der Waals surface area contributed by atoms with Crippen LogP contribution in [0.3, 0.4) is 0 Å². The Morgan fingerprint density at radius 1 is 1.00 bits per heavy atom. The summed E-state index contributed by atoms with van der Waals surface area (Å²) in [6.07, 6.45) is -0.516. The lowest BCUT2D eigenvalue weighted by molar-refractivity contribution is -0.180. The lowest BCUT2D eigenvalue weighted by Crippen LogP contribution is -2.68. The van der Waals surface area contributed by atoms with Crippen LogP contribution >= 0.6 is 0 Å². The molecule has 22 heavy (non-hydrogen) atoms. The average molecular weight is 297 g/mol. The molecule has 1 N–H and O–H groups in total. The summed E-state index contributed by atoms with van der Waals surface area (Å²) < 4.78 is 5.89. The minimum absolute atomic E-state index is 0.0774. The lowest BCUT2D eigenvalue weighted by atomic mass is 9.92. The second kappa shape index (κ2) is 6.17. The van der Waals surface area contributed by atoms with E-state index in [4.69, 9.17) is 4.74 Å². The molecule has 0 aliphatic carbocycles. The Morgan fingerprint density at radius 3 is 2.18 bits per heavy atom. The molecule has 0 saturated carbocycles. The van der Waals surface area contributed by atoms with E-state index < -0.39 is 6.10 Å². The van der Waals surface area contributed by atoms with Crippen LogP contribution in [0.2, 0.25) is 0 Å². The van der Waals surface area contributed by atoms with E-state index in [9.17, 15) is 4.79 Å². The van der Waals surface area contributed by atoms with E-state index in [2.05, 4.69) is 5.53 Å². The quantitative estimate of drug-likeness (QED) is 0.677. The van der Waals surface area contributed by atoms with Crippen LogP contribution in [0.25, 0.3) is 0 Å². The highest BCUT2D eigenvalue weighted by molar-refractivity contribution is 5.88. The van der Waals surface area contributed by atoms with E-state index >= 15 is 0 Å². The summed E-state index contributed by atoms with van der Waals surface area (Å²) in [6, 6.07) is 19.2. The van der Waals surface area contributed by atoms with Crippen molar-refractivity contribution in [2.75, 3.05) is 14.1 Å². The predicted octanol–water partition coefficient (Wildman–Crippen LogP) is 2.00. The van der Waals surface area contributed by atoms with Crippen LogP contribution in [0, 0.1) is 0 Å². The molecule has 1 aliphatic rings. The van der Waals surface area contributed by atoms with Gasteiger partial charge in [0.15, 0.2) is 0 Å².